The smallest absolute Gasteiger partial charge is 0.227 e. The number of rotatable bonds is 6. The molecule has 0 radical (unpaired) electrons. The zero-order chi connectivity index (χ0) is 33.7. The molecule has 0 atom stereocenters. The van der Waals surface area contributed by atoms with E-state index in [-0.39, 0.29) is 0 Å². The van der Waals surface area contributed by atoms with Gasteiger partial charge in [-0.25, -0.2) is 4.98 Å². The Bertz CT molecular complexity index is 2840. The van der Waals surface area contributed by atoms with Gasteiger partial charge < -0.3 is 13.7 Å². The van der Waals surface area contributed by atoms with Crippen LogP contribution in [0, 0.1) is 0 Å². The lowest BCUT2D eigenvalue weighted by atomic mass is 9.99. The van der Waals surface area contributed by atoms with E-state index in [4.69, 9.17) is 13.8 Å². The molecule has 0 aliphatic heterocycles. The summed E-state index contributed by atoms with van der Waals surface area (Å²) in [5, 5.41) is 4.54. The molecule has 0 aliphatic carbocycles. The van der Waals surface area contributed by atoms with Gasteiger partial charge in [-0.3, -0.25) is 0 Å². The van der Waals surface area contributed by atoms with Crippen LogP contribution in [0.15, 0.2) is 191 Å². The van der Waals surface area contributed by atoms with Crippen LogP contribution in [0.3, 0.4) is 0 Å². The zero-order valence-corrected chi connectivity index (χ0v) is 27.5. The number of oxazole rings is 1. The first-order valence-electron chi connectivity index (χ1n) is 17.1. The van der Waals surface area contributed by atoms with Crippen molar-refractivity contribution in [2.45, 2.75) is 0 Å². The monoisotopic (exact) mass is 654 g/mol. The fraction of sp³-hybridized carbons (Fsp3) is 0. The summed E-state index contributed by atoms with van der Waals surface area (Å²) in [4.78, 5) is 7.33. The lowest BCUT2D eigenvalue weighted by molar-refractivity contribution is 0.620. The number of nitrogens with zero attached hydrogens (tertiary/aromatic N) is 2. The number of anilines is 3. The third kappa shape index (κ3) is 5.04. The van der Waals surface area contributed by atoms with Gasteiger partial charge in [0.2, 0.25) is 5.89 Å². The summed E-state index contributed by atoms with van der Waals surface area (Å²) in [6.07, 6.45) is 0. The maximum absolute atomic E-state index is 6.56. The molecular weight excluding hydrogens is 625 g/mol. The SMILES string of the molecule is c1ccc(-c2nc3c(-c4ccc(N(c5ccccc5)c5ccc(-c6ccc7ccccc7c6)cc5)cc4)c4oc5ccccc5c4cc3o2)cc1. The highest BCUT2D eigenvalue weighted by atomic mass is 16.4. The number of fused-ring (bicyclic) bond motifs is 5. The Kier molecular flexibility index (Phi) is 6.78. The molecule has 0 aliphatic rings. The molecular formula is C47H30N2O2. The Hall–Kier alpha value is -6.91. The van der Waals surface area contributed by atoms with Crippen LogP contribution in [-0.4, -0.2) is 4.98 Å². The molecule has 51 heavy (non-hydrogen) atoms. The van der Waals surface area contributed by atoms with Crippen LogP contribution in [0.5, 0.6) is 0 Å². The topological polar surface area (TPSA) is 42.4 Å². The van der Waals surface area contributed by atoms with Gasteiger partial charge in [0.05, 0.1) is 5.56 Å². The summed E-state index contributed by atoms with van der Waals surface area (Å²) in [6, 6.07) is 63.3. The van der Waals surface area contributed by atoms with Crippen molar-refractivity contribution in [1.82, 2.24) is 4.98 Å². The minimum Gasteiger partial charge on any atom is -0.455 e. The normalized spacial score (nSPS) is 11.5. The summed E-state index contributed by atoms with van der Waals surface area (Å²) in [6.45, 7) is 0. The standard InChI is InChI=1S/C47H30N2O2/c1-3-12-34(13-4-1)47-48-45-43(51-47)30-41-40-17-9-10-18-42(40)50-46(41)44(45)33-23-27-39(28-24-33)49(37-15-5-2-6-16-37)38-25-21-32(22-26-38)36-20-19-31-11-7-8-14-35(31)29-36/h1-30H. The molecule has 0 saturated heterocycles. The average molecular weight is 655 g/mol. The van der Waals surface area contributed by atoms with Crippen LogP contribution < -0.4 is 4.90 Å². The molecule has 2 aromatic heterocycles. The highest BCUT2D eigenvalue weighted by molar-refractivity contribution is 6.16. The summed E-state index contributed by atoms with van der Waals surface area (Å²) < 4.78 is 13.0. The van der Waals surface area contributed by atoms with E-state index in [1.54, 1.807) is 0 Å². The van der Waals surface area contributed by atoms with Crippen LogP contribution in [0.4, 0.5) is 17.1 Å². The van der Waals surface area contributed by atoms with Crippen molar-refractivity contribution in [3.63, 3.8) is 0 Å². The molecule has 0 fully saturated rings. The molecule has 0 amide bonds. The third-order valence-corrected chi connectivity index (χ3v) is 9.68. The summed E-state index contributed by atoms with van der Waals surface area (Å²) in [5.41, 5.74) is 11.6. The van der Waals surface area contributed by atoms with Crippen molar-refractivity contribution in [1.29, 1.82) is 0 Å². The van der Waals surface area contributed by atoms with Crippen molar-refractivity contribution in [2.75, 3.05) is 4.90 Å². The molecule has 10 aromatic rings. The van der Waals surface area contributed by atoms with Gasteiger partial charge in [-0.2, -0.15) is 0 Å². The number of benzene rings is 8. The summed E-state index contributed by atoms with van der Waals surface area (Å²) in [7, 11) is 0. The van der Waals surface area contributed by atoms with Gasteiger partial charge in [-0.1, -0.05) is 115 Å². The van der Waals surface area contributed by atoms with Crippen molar-refractivity contribution in [3.05, 3.63) is 182 Å². The van der Waals surface area contributed by atoms with E-state index in [1.807, 2.05) is 48.5 Å². The van der Waals surface area contributed by atoms with E-state index in [2.05, 4.69) is 138 Å². The Morgan fingerprint density at radius 2 is 1.00 bits per heavy atom. The molecule has 0 N–H and O–H groups in total. The van der Waals surface area contributed by atoms with Crippen molar-refractivity contribution in [2.24, 2.45) is 0 Å². The number of hydrogen-bond donors (Lipinski definition) is 0. The third-order valence-electron chi connectivity index (χ3n) is 9.68. The molecule has 8 aromatic carbocycles. The predicted octanol–water partition coefficient (Wildman–Crippen LogP) is 13.4. The fourth-order valence-corrected chi connectivity index (χ4v) is 7.19. The van der Waals surface area contributed by atoms with Gasteiger partial charge >= 0.3 is 0 Å². The minimum atomic E-state index is 0.586. The zero-order valence-electron chi connectivity index (χ0n) is 27.5. The van der Waals surface area contributed by atoms with Crippen LogP contribution in [0.1, 0.15) is 0 Å². The Balaban J connectivity index is 1.08. The summed E-state index contributed by atoms with van der Waals surface area (Å²) in [5.74, 6) is 0.586. The predicted molar refractivity (Wildman–Crippen MR) is 210 cm³/mol. The number of hydrogen-bond acceptors (Lipinski definition) is 4. The molecule has 0 spiro atoms. The molecule has 240 valence electrons. The Labute approximate surface area is 294 Å². The minimum absolute atomic E-state index is 0.586. The van der Waals surface area contributed by atoms with Gasteiger partial charge in [-0.15, -0.1) is 0 Å². The van der Waals surface area contributed by atoms with Gasteiger partial charge in [-0.05, 0) is 94.2 Å². The largest absolute Gasteiger partial charge is 0.455 e. The highest BCUT2D eigenvalue weighted by Crippen LogP contribution is 2.43. The van der Waals surface area contributed by atoms with Crippen molar-refractivity contribution >= 4 is 60.9 Å². The first-order chi connectivity index (χ1) is 25.3. The lowest BCUT2D eigenvalue weighted by Crippen LogP contribution is -2.09. The molecule has 0 bridgehead atoms. The number of para-hydroxylation sites is 2. The molecule has 0 unspecified atom stereocenters. The van der Waals surface area contributed by atoms with E-state index in [9.17, 15) is 0 Å². The van der Waals surface area contributed by atoms with Crippen LogP contribution in [-0.2, 0) is 0 Å². The van der Waals surface area contributed by atoms with Gasteiger partial charge in [0.15, 0.2) is 5.58 Å². The molecule has 10 rings (SSSR count). The average Bonchev–Trinajstić information content (AvgIpc) is 3.80. The van der Waals surface area contributed by atoms with E-state index >= 15 is 0 Å². The van der Waals surface area contributed by atoms with E-state index in [0.29, 0.717) is 5.89 Å². The Morgan fingerprint density at radius 3 is 1.76 bits per heavy atom. The number of aromatic nitrogens is 1. The second-order valence-electron chi connectivity index (χ2n) is 12.8. The van der Waals surface area contributed by atoms with Gasteiger partial charge in [0.1, 0.15) is 16.7 Å². The number of furan rings is 1. The van der Waals surface area contributed by atoms with Gasteiger partial charge in [0.25, 0.3) is 0 Å². The first-order valence-corrected chi connectivity index (χ1v) is 17.1. The van der Waals surface area contributed by atoms with Crippen molar-refractivity contribution in [3.8, 4) is 33.7 Å². The Morgan fingerprint density at radius 1 is 0.392 bits per heavy atom. The van der Waals surface area contributed by atoms with E-state index in [0.717, 1.165) is 66.8 Å². The van der Waals surface area contributed by atoms with Crippen LogP contribution in [0.25, 0.3) is 77.5 Å². The fourth-order valence-electron chi connectivity index (χ4n) is 7.19. The maximum atomic E-state index is 6.56. The maximum Gasteiger partial charge on any atom is 0.227 e. The summed E-state index contributed by atoms with van der Waals surface area (Å²) >= 11 is 0. The van der Waals surface area contributed by atoms with E-state index in [1.165, 1.54) is 21.9 Å². The first kappa shape index (κ1) is 29.0. The molecule has 0 saturated carbocycles. The molecule has 4 heteroatoms. The van der Waals surface area contributed by atoms with Crippen LogP contribution in [0.2, 0.25) is 0 Å². The quantitative estimate of drug-likeness (QED) is 0.179. The molecule has 4 nitrogen and oxygen atoms in total. The lowest BCUT2D eigenvalue weighted by Gasteiger charge is -2.26. The van der Waals surface area contributed by atoms with Gasteiger partial charge in [0, 0.05) is 33.4 Å². The van der Waals surface area contributed by atoms with Crippen LogP contribution >= 0.6 is 0 Å². The second-order valence-corrected chi connectivity index (χ2v) is 12.8. The molecule has 2 heterocycles. The van der Waals surface area contributed by atoms with E-state index < -0.39 is 0 Å². The second kappa shape index (κ2) is 11.9. The highest BCUT2D eigenvalue weighted by Gasteiger charge is 2.22. The van der Waals surface area contributed by atoms with Crippen molar-refractivity contribution < 1.29 is 8.83 Å².